The number of nitrogens with one attached hydrogen (secondary N) is 1. The molecule has 1 aliphatic heterocycles. The summed E-state index contributed by atoms with van der Waals surface area (Å²) in [6, 6.07) is 0. The maximum absolute atomic E-state index is 4.12. The van der Waals surface area contributed by atoms with E-state index in [2.05, 4.69) is 20.7 Å². The zero-order valence-electron chi connectivity index (χ0n) is 7.84. The Morgan fingerprint density at radius 1 is 1.43 bits per heavy atom. The summed E-state index contributed by atoms with van der Waals surface area (Å²) in [5.74, 6) is 0. The standard InChI is InChI=1S/C6H10N6S2/c1-11-3-7-9-5(11)13-14-6-10-8-4-12(6)2/h3,8H,4H2,1-2H3. The van der Waals surface area contributed by atoms with Crippen molar-refractivity contribution in [2.75, 3.05) is 13.7 Å². The van der Waals surface area contributed by atoms with Gasteiger partial charge in [-0.25, -0.2) is 0 Å². The third kappa shape index (κ3) is 1.95. The average Bonchev–Trinajstić information content (AvgIpc) is 2.72. The zero-order valence-corrected chi connectivity index (χ0v) is 9.47. The summed E-state index contributed by atoms with van der Waals surface area (Å²) in [4.78, 5) is 2.04. The van der Waals surface area contributed by atoms with Crippen molar-refractivity contribution in [2.24, 2.45) is 12.1 Å². The van der Waals surface area contributed by atoms with Gasteiger partial charge in [0.15, 0.2) is 5.17 Å². The van der Waals surface area contributed by atoms with Gasteiger partial charge in [0.25, 0.3) is 0 Å². The molecule has 0 fully saturated rings. The summed E-state index contributed by atoms with van der Waals surface area (Å²) in [5, 5.41) is 13.7. The van der Waals surface area contributed by atoms with Crippen molar-refractivity contribution in [1.29, 1.82) is 0 Å². The third-order valence-electron chi connectivity index (χ3n) is 1.67. The molecule has 2 heterocycles. The van der Waals surface area contributed by atoms with Crippen LogP contribution in [-0.4, -0.2) is 38.5 Å². The summed E-state index contributed by atoms with van der Waals surface area (Å²) in [6.45, 7) is 0.766. The van der Waals surface area contributed by atoms with Crippen molar-refractivity contribution in [3.05, 3.63) is 6.33 Å². The van der Waals surface area contributed by atoms with Crippen LogP contribution in [0.25, 0.3) is 0 Å². The average molecular weight is 230 g/mol. The summed E-state index contributed by atoms with van der Waals surface area (Å²) in [7, 11) is 7.03. The highest BCUT2D eigenvalue weighted by atomic mass is 33.1. The van der Waals surface area contributed by atoms with Gasteiger partial charge in [-0.05, 0) is 21.6 Å². The number of aromatic nitrogens is 3. The Bertz CT molecular complexity index is 348. The highest BCUT2D eigenvalue weighted by Crippen LogP contribution is 2.31. The maximum Gasteiger partial charge on any atom is 0.201 e. The van der Waals surface area contributed by atoms with Crippen molar-refractivity contribution in [1.82, 2.24) is 25.1 Å². The second-order valence-corrected chi connectivity index (χ2v) is 4.86. The molecule has 1 aromatic rings. The van der Waals surface area contributed by atoms with Crippen LogP contribution in [0.15, 0.2) is 16.6 Å². The van der Waals surface area contributed by atoms with Gasteiger partial charge in [0.1, 0.15) is 13.0 Å². The van der Waals surface area contributed by atoms with Gasteiger partial charge in [0, 0.05) is 14.1 Å². The Hall–Kier alpha value is -0.890. The first kappa shape index (κ1) is 9.66. The quantitative estimate of drug-likeness (QED) is 0.738. The van der Waals surface area contributed by atoms with E-state index in [1.54, 1.807) is 27.9 Å². The molecular weight excluding hydrogens is 220 g/mol. The highest BCUT2D eigenvalue weighted by molar-refractivity contribution is 8.82. The van der Waals surface area contributed by atoms with Gasteiger partial charge in [0.2, 0.25) is 5.16 Å². The van der Waals surface area contributed by atoms with E-state index in [0.29, 0.717) is 0 Å². The van der Waals surface area contributed by atoms with Crippen molar-refractivity contribution < 1.29 is 0 Å². The van der Waals surface area contributed by atoms with Crippen molar-refractivity contribution >= 4 is 26.8 Å². The van der Waals surface area contributed by atoms with Gasteiger partial charge in [-0.1, -0.05) is 0 Å². The summed E-state index contributed by atoms with van der Waals surface area (Å²) in [5.41, 5.74) is 2.90. The number of hydrogen-bond donors (Lipinski definition) is 1. The minimum absolute atomic E-state index is 0.766. The number of rotatable bonds is 2. The van der Waals surface area contributed by atoms with Crippen LogP contribution >= 0.6 is 21.6 Å². The fraction of sp³-hybridized carbons (Fsp3) is 0.500. The molecule has 0 saturated carbocycles. The predicted molar refractivity (Wildman–Crippen MR) is 57.7 cm³/mol. The molecule has 0 spiro atoms. The summed E-state index contributed by atoms with van der Waals surface area (Å²) >= 11 is 0. The van der Waals surface area contributed by atoms with Crippen LogP contribution in [0.4, 0.5) is 0 Å². The van der Waals surface area contributed by atoms with Gasteiger partial charge < -0.3 is 9.47 Å². The van der Waals surface area contributed by atoms with Crippen molar-refractivity contribution in [3.63, 3.8) is 0 Å². The van der Waals surface area contributed by atoms with Crippen LogP contribution < -0.4 is 5.43 Å². The Morgan fingerprint density at radius 2 is 2.29 bits per heavy atom. The maximum atomic E-state index is 4.12. The van der Waals surface area contributed by atoms with Crippen LogP contribution in [0, 0.1) is 0 Å². The minimum Gasteiger partial charge on any atom is -0.333 e. The molecule has 0 saturated heterocycles. The largest absolute Gasteiger partial charge is 0.333 e. The molecule has 0 amide bonds. The van der Waals surface area contributed by atoms with E-state index in [4.69, 9.17) is 0 Å². The van der Waals surface area contributed by atoms with Crippen LogP contribution in [-0.2, 0) is 7.05 Å². The smallest absolute Gasteiger partial charge is 0.201 e. The first-order chi connectivity index (χ1) is 6.77. The van der Waals surface area contributed by atoms with E-state index in [1.165, 1.54) is 0 Å². The number of hydrogen-bond acceptors (Lipinski definition) is 7. The summed E-state index contributed by atoms with van der Waals surface area (Å²) in [6.07, 6.45) is 1.68. The second kappa shape index (κ2) is 4.09. The van der Waals surface area contributed by atoms with E-state index in [1.807, 2.05) is 23.6 Å². The molecule has 0 aliphatic carbocycles. The molecule has 76 valence electrons. The molecule has 14 heavy (non-hydrogen) atoms. The van der Waals surface area contributed by atoms with Crippen LogP contribution in [0.5, 0.6) is 0 Å². The number of amidine groups is 1. The van der Waals surface area contributed by atoms with E-state index >= 15 is 0 Å². The summed E-state index contributed by atoms with van der Waals surface area (Å²) < 4.78 is 1.88. The van der Waals surface area contributed by atoms with E-state index in [-0.39, 0.29) is 0 Å². The molecule has 1 aromatic heterocycles. The van der Waals surface area contributed by atoms with Gasteiger partial charge in [-0.15, -0.1) is 10.2 Å². The zero-order chi connectivity index (χ0) is 9.97. The Kier molecular flexibility index (Phi) is 2.82. The van der Waals surface area contributed by atoms with E-state index in [9.17, 15) is 0 Å². The highest BCUT2D eigenvalue weighted by Gasteiger charge is 2.14. The molecule has 2 rings (SSSR count). The van der Waals surface area contributed by atoms with E-state index in [0.717, 1.165) is 17.0 Å². The van der Waals surface area contributed by atoms with Gasteiger partial charge >= 0.3 is 0 Å². The molecule has 1 N–H and O–H groups in total. The number of hydrazone groups is 1. The molecule has 1 aliphatic rings. The lowest BCUT2D eigenvalue weighted by Crippen LogP contribution is -2.21. The monoisotopic (exact) mass is 230 g/mol. The molecular formula is C6H10N6S2. The molecule has 0 unspecified atom stereocenters. The number of nitrogens with zero attached hydrogens (tertiary/aromatic N) is 5. The van der Waals surface area contributed by atoms with E-state index < -0.39 is 0 Å². The normalized spacial score (nSPS) is 15.6. The lowest BCUT2D eigenvalue weighted by Gasteiger charge is -2.09. The lowest BCUT2D eigenvalue weighted by molar-refractivity contribution is 0.512. The topological polar surface area (TPSA) is 58.3 Å². The van der Waals surface area contributed by atoms with Gasteiger partial charge in [-0.2, -0.15) is 5.10 Å². The first-order valence-corrected chi connectivity index (χ1v) is 6.12. The molecule has 0 aromatic carbocycles. The fourth-order valence-corrected chi connectivity index (χ4v) is 2.95. The lowest BCUT2D eigenvalue weighted by atomic mass is 10.9. The van der Waals surface area contributed by atoms with Crippen LogP contribution in [0.2, 0.25) is 0 Å². The SMILES string of the molecule is CN1CNN=C1SSc1nncn1C. The molecule has 0 bridgehead atoms. The van der Waals surface area contributed by atoms with Crippen LogP contribution in [0.3, 0.4) is 0 Å². The minimum atomic E-state index is 0.766. The molecule has 8 heteroatoms. The Balaban J connectivity index is 1.92. The Labute approximate surface area is 89.5 Å². The predicted octanol–water partition coefficient (Wildman–Crippen LogP) is 0.319. The van der Waals surface area contributed by atoms with Crippen molar-refractivity contribution in [2.45, 2.75) is 5.16 Å². The van der Waals surface area contributed by atoms with Crippen molar-refractivity contribution in [3.8, 4) is 0 Å². The fourth-order valence-electron chi connectivity index (χ4n) is 0.867. The Morgan fingerprint density at radius 3 is 2.86 bits per heavy atom. The third-order valence-corrected chi connectivity index (χ3v) is 3.97. The molecule has 0 atom stereocenters. The molecule has 0 radical (unpaired) electrons. The number of aryl methyl sites for hydroxylation is 1. The van der Waals surface area contributed by atoms with Gasteiger partial charge in [-0.3, -0.25) is 5.43 Å². The second-order valence-electron chi connectivity index (χ2n) is 2.80. The van der Waals surface area contributed by atoms with Gasteiger partial charge in [0.05, 0.1) is 0 Å². The molecule has 6 nitrogen and oxygen atoms in total. The van der Waals surface area contributed by atoms with Crippen LogP contribution in [0.1, 0.15) is 0 Å². The first-order valence-electron chi connectivity index (χ1n) is 3.97.